The molecule has 0 aliphatic rings. The van der Waals surface area contributed by atoms with Crippen molar-refractivity contribution < 1.29 is 33.8 Å². The molecule has 0 fully saturated rings. The average Bonchev–Trinajstić information content (AvgIpc) is 2.92. The number of hydrogen-bond acceptors (Lipinski definition) is 7. The summed E-state index contributed by atoms with van der Waals surface area (Å²) in [5.41, 5.74) is 6.64. The summed E-state index contributed by atoms with van der Waals surface area (Å²) in [5, 5.41) is 17.7. The Morgan fingerprint density at radius 1 is 0.897 bits per heavy atom. The molecule has 2 rings (SSSR count). The second-order valence-corrected chi connectivity index (χ2v) is 8.81. The first-order valence-corrected chi connectivity index (χ1v) is 12.3. The van der Waals surface area contributed by atoms with Gasteiger partial charge in [0.2, 0.25) is 23.6 Å². The number of carbonyl (C=O) groups excluding carboxylic acids is 5. The Hall–Kier alpha value is -4.51. The molecule has 0 saturated carbocycles. The molecule has 208 valence electrons. The zero-order valence-electron chi connectivity index (χ0n) is 21.8. The van der Waals surface area contributed by atoms with Gasteiger partial charge in [-0.05, 0) is 30.5 Å². The number of amides is 4. The van der Waals surface area contributed by atoms with E-state index < -0.39 is 53.8 Å². The molecular formula is C28H34N4O7. The predicted molar refractivity (Wildman–Crippen MR) is 144 cm³/mol. The van der Waals surface area contributed by atoms with Crippen molar-refractivity contribution in [2.45, 2.75) is 50.4 Å². The van der Waals surface area contributed by atoms with Gasteiger partial charge < -0.3 is 31.5 Å². The van der Waals surface area contributed by atoms with Crippen LogP contribution in [0.25, 0.3) is 6.08 Å². The fourth-order valence-corrected chi connectivity index (χ4v) is 3.61. The molecule has 2 aromatic carbocycles. The summed E-state index contributed by atoms with van der Waals surface area (Å²) in [5.74, 6) is -3.61. The lowest BCUT2D eigenvalue weighted by molar-refractivity contribution is -0.145. The molecule has 4 atom stereocenters. The maximum absolute atomic E-state index is 13.2. The molecule has 11 nitrogen and oxygen atoms in total. The van der Waals surface area contributed by atoms with Gasteiger partial charge in [0.1, 0.15) is 18.1 Å². The van der Waals surface area contributed by atoms with Crippen molar-refractivity contribution in [3.8, 4) is 0 Å². The van der Waals surface area contributed by atoms with Crippen molar-refractivity contribution in [3.63, 3.8) is 0 Å². The number of rotatable bonds is 14. The minimum atomic E-state index is -1.38. The Morgan fingerprint density at radius 2 is 1.49 bits per heavy atom. The van der Waals surface area contributed by atoms with Crippen LogP contribution >= 0.6 is 0 Å². The summed E-state index contributed by atoms with van der Waals surface area (Å²) < 4.78 is 4.71. The molecule has 0 heterocycles. The quantitative estimate of drug-likeness (QED) is 0.169. The number of esters is 1. The van der Waals surface area contributed by atoms with Crippen LogP contribution in [0.5, 0.6) is 0 Å². The standard InChI is InChI=1S/C28H34N4O7/c1-18(33)25(32-24(35)16-13-19-9-5-3-6-10-19)27(37)31-22(17-20-11-7-4-8-12-20)26(36)30-21(28(38)39-2)14-15-23(29)34/h3-13,16,18,21-22,25,33H,14-15,17H2,1-2H3,(H2,29,34)(H,30,36)(H,31,37)(H,32,35)/b16-13+/t18-,21+,22+,25+/m1/s1. The number of aliphatic hydroxyl groups excluding tert-OH is 1. The molecule has 0 aliphatic carbocycles. The summed E-state index contributed by atoms with van der Waals surface area (Å²) in [6.07, 6.45) is 1.25. The number of carbonyl (C=O) groups is 5. The number of nitrogens with two attached hydrogens (primary N) is 1. The molecule has 39 heavy (non-hydrogen) atoms. The van der Waals surface area contributed by atoms with Gasteiger partial charge in [0.05, 0.1) is 13.2 Å². The van der Waals surface area contributed by atoms with Gasteiger partial charge in [-0.15, -0.1) is 0 Å². The van der Waals surface area contributed by atoms with E-state index in [1.54, 1.807) is 60.7 Å². The van der Waals surface area contributed by atoms with Crippen LogP contribution in [0.15, 0.2) is 66.7 Å². The third kappa shape index (κ3) is 10.8. The maximum Gasteiger partial charge on any atom is 0.328 e. The molecule has 0 saturated heterocycles. The highest BCUT2D eigenvalue weighted by Crippen LogP contribution is 2.08. The minimum Gasteiger partial charge on any atom is -0.467 e. The predicted octanol–water partition coefficient (Wildman–Crippen LogP) is 0.216. The highest BCUT2D eigenvalue weighted by molar-refractivity contribution is 5.97. The summed E-state index contributed by atoms with van der Waals surface area (Å²) in [6.45, 7) is 1.33. The van der Waals surface area contributed by atoms with Gasteiger partial charge in [-0.2, -0.15) is 0 Å². The number of hydrogen-bond donors (Lipinski definition) is 5. The van der Waals surface area contributed by atoms with Crippen molar-refractivity contribution in [1.29, 1.82) is 0 Å². The second kappa shape index (κ2) is 15.7. The van der Waals surface area contributed by atoms with Gasteiger partial charge in [-0.25, -0.2) is 4.79 Å². The van der Waals surface area contributed by atoms with Crippen LogP contribution in [0.3, 0.4) is 0 Å². The van der Waals surface area contributed by atoms with Crippen molar-refractivity contribution in [2.24, 2.45) is 5.73 Å². The molecule has 0 bridgehead atoms. The Bertz CT molecular complexity index is 1150. The molecule has 0 spiro atoms. The number of nitrogens with one attached hydrogen (secondary N) is 3. The first-order chi connectivity index (χ1) is 18.6. The van der Waals surface area contributed by atoms with Gasteiger partial charge >= 0.3 is 5.97 Å². The topological polar surface area (TPSA) is 177 Å². The Kier molecular flexibility index (Phi) is 12.3. The lowest BCUT2D eigenvalue weighted by Crippen LogP contribution is -2.58. The van der Waals surface area contributed by atoms with Gasteiger partial charge in [-0.3, -0.25) is 19.2 Å². The van der Waals surface area contributed by atoms with E-state index in [4.69, 9.17) is 10.5 Å². The first-order valence-electron chi connectivity index (χ1n) is 12.3. The Morgan fingerprint density at radius 3 is 2.05 bits per heavy atom. The molecular weight excluding hydrogens is 504 g/mol. The summed E-state index contributed by atoms with van der Waals surface area (Å²) >= 11 is 0. The molecule has 6 N–H and O–H groups in total. The van der Waals surface area contributed by atoms with E-state index in [1.165, 1.54) is 13.0 Å². The summed E-state index contributed by atoms with van der Waals surface area (Å²) in [7, 11) is 1.14. The lowest BCUT2D eigenvalue weighted by Gasteiger charge is -2.26. The fraction of sp³-hybridized carbons (Fsp3) is 0.321. The van der Waals surface area contributed by atoms with Gasteiger partial charge in [0, 0.05) is 18.9 Å². The van der Waals surface area contributed by atoms with Crippen LogP contribution in [-0.4, -0.2) is 66.0 Å². The minimum absolute atomic E-state index is 0.0382. The molecule has 11 heteroatoms. The van der Waals surface area contributed by atoms with E-state index in [2.05, 4.69) is 16.0 Å². The molecule has 4 amide bonds. The van der Waals surface area contributed by atoms with Crippen molar-refractivity contribution in [3.05, 3.63) is 77.9 Å². The van der Waals surface area contributed by atoms with E-state index in [1.807, 2.05) is 6.07 Å². The van der Waals surface area contributed by atoms with E-state index in [-0.39, 0.29) is 19.3 Å². The first kappa shape index (κ1) is 30.7. The molecule has 0 aromatic heterocycles. The monoisotopic (exact) mass is 538 g/mol. The zero-order valence-corrected chi connectivity index (χ0v) is 21.8. The number of primary amides is 1. The van der Waals surface area contributed by atoms with Crippen LogP contribution in [0.4, 0.5) is 0 Å². The van der Waals surface area contributed by atoms with Crippen LogP contribution in [0.1, 0.15) is 30.9 Å². The zero-order chi connectivity index (χ0) is 28.8. The lowest BCUT2D eigenvalue weighted by atomic mass is 10.0. The van der Waals surface area contributed by atoms with E-state index in [9.17, 15) is 29.1 Å². The number of methoxy groups -OCH3 is 1. The van der Waals surface area contributed by atoms with Crippen LogP contribution in [0.2, 0.25) is 0 Å². The van der Waals surface area contributed by atoms with Crippen molar-refractivity contribution in [1.82, 2.24) is 16.0 Å². The second-order valence-electron chi connectivity index (χ2n) is 8.81. The van der Waals surface area contributed by atoms with E-state index in [0.29, 0.717) is 5.56 Å². The van der Waals surface area contributed by atoms with Gasteiger partial charge in [-0.1, -0.05) is 60.7 Å². The smallest absolute Gasteiger partial charge is 0.328 e. The maximum atomic E-state index is 13.2. The average molecular weight is 539 g/mol. The van der Waals surface area contributed by atoms with E-state index >= 15 is 0 Å². The Balaban J connectivity index is 2.20. The number of aliphatic hydroxyl groups is 1. The third-order valence-electron chi connectivity index (χ3n) is 5.69. The van der Waals surface area contributed by atoms with Gasteiger partial charge in [0.25, 0.3) is 0 Å². The van der Waals surface area contributed by atoms with Gasteiger partial charge in [0.15, 0.2) is 0 Å². The molecule has 0 unspecified atom stereocenters. The number of ether oxygens (including phenoxy) is 1. The highest BCUT2D eigenvalue weighted by Gasteiger charge is 2.31. The molecule has 2 aromatic rings. The van der Waals surface area contributed by atoms with E-state index in [0.717, 1.165) is 12.7 Å². The van der Waals surface area contributed by atoms with Crippen molar-refractivity contribution >= 4 is 35.7 Å². The van der Waals surface area contributed by atoms with Crippen LogP contribution in [-0.2, 0) is 35.1 Å². The Labute approximate surface area is 226 Å². The SMILES string of the molecule is COC(=O)[C@H](CCC(N)=O)NC(=O)[C@H](Cc1ccccc1)NC(=O)[C@@H](NC(=O)/C=C/c1ccccc1)[C@@H](C)O. The number of benzene rings is 2. The highest BCUT2D eigenvalue weighted by atomic mass is 16.5. The summed E-state index contributed by atoms with van der Waals surface area (Å²) in [6, 6.07) is 14.1. The normalized spacial score (nSPS) is 13.9. The molecule has 0 aliphatic heterocycles. The summed E-state index contributed by atoms with van der Waals surface area (Å²) in [4.78, 5) is 62.2. The van der Waals surface area contributed by atoms with Crippen molar-refractivity contribution in [2.75, 3.05) is 7.11 Å². The largest absolute Gasteiger partial charge is 0.467 e. The van der Waals surface area contributed by atoms with Crippen LogP contribution in [0, 0.1) is 0 Å². The van der Waals surface area contributed by atoms with Crippen LogP contribution < -0.4 is 21.7 Å². The third-order valence-corrected chi connectivity index (χ3v) is 5.69. The fourth-order valence-electron chi connectivity index (χ4n) is 3.61. The molecule has 0 radical (unpaired) electrons.